The molecular formula is C22H22N6O2S. The molecule has 4 heterocycles. The predicted octanol–water partition coefficient (Wildman–Crippen LogP) is 2.23. The number of likely N-dealkylation sites (tertiary alicyclic amines) is 1. The van der Waals surface area contributed by atoms with Crippen LogP contribution in [0.1, 0.15) is 25.8 Å². The molecule has 3 fully saturated rings. The summed E-state index contributed by atoms with van der Waals surface area (Å²) in [6.45, 7) is 5.63. The lowest BCUT2D eigenvalue weighted by Crippen LogP contribution is -2.57. The van der Waals surface area contributed by atoms with Crippen LogP contribution in [0.3, 0.4) is 0 Å². The molecule has 1 aromatic heterocycles. The van der Waals surface area contributed by atoms with Crippen molar-refractivity contribution in [3.05, 3.63) is 36.0 Å². The summed E-state index contributed by atoms with van der Waals surface area (Å²) in [6, 6.07) is 7.90. The normalized spacial score (nSPS) is 24.3. The van der Waals surface area contributed by atoms with E-state index in [1.807, 2.05) is 0 Å². The lowest BCUT2D eigenvalue weighted by Gasteiger charge is -2.36. The molecule has 3 saturated heterocycles. The summed E-state index contributed by atoms with van der Waals surface area (Å²) >= 11 is 5.59. The molecule has 5 rings (SSSR count). The number of carbonyl (C=O) groups excluding carboxylic acids is 2. The molecule has 0 saturated carbocycles. The largest absolute Gasteiger partial charge is 0.362 e. The fraction of sp³-hybridized carbons (Fsp3) is 0.409. The molecule has 1 N–H and O–H groups in total. The maximum Gasteiger partial charge on any atom is 0.332 e. The molecule has 2 aromatic rings. The quantitative estimate of drug-likeness (QED) is 0.585. The smallest absolute Gasteiger partial charge is 0.332 e. The second kappa shape index (κ2) is 7.17. The van der Waals surface area contributed by atoms with Gasteiger partial charge in [0.05, 0.1) is 28.9 Å². The van der Waals surface area contributed by atoms with Crippen molar-refractivity contribution in [1.29, 1.82) is 5.26 Å². The average Bonchev–Trinajstić information content (AvgIpc) is 3.43. The Morgan fingerprint density at radius 3 is 2.90 bits per heavy atom. The molecule has 1 aromatic carbocycles. The standard InChI is InChI=1S/C22H22N6O2S/c1-12(2)10-25-21(31)26-11-14-8-17(26)19-20(29)28(22(30)27(14)19)16-6-5-13(9-23)18-15(16)4-3-7-24-18/h3-7,12,14,17,19H,8,10-11H2,1-2H3,(H,25,31)/t14?,17?,19-/m1/s1. The molecule has 0 aliphatic carbocycles. The van der Waals surface area contributed by atoms with E-state index in [2.05, 4.69) is 35.1 Å². The van der Waals surface area contributed by atoms with Crippen molar-refractivity contribution in [2.24, 2.45) is 5.92 Å². The number of benzene rings is 1. The lowest BCUT2D eigenvalue weighted by molar-refractivity contribution is -0.120. The summed E-state index contributed by atoms with van der Waals surface area (Å²) in [6.07, 6.45) is 2.34. The van der Waals surface area contributed by atoms with Crippen LogP contribution >= 0.6 is 12.2 Å². The number of urea groups is 1. The number of fused-ring (bicyclic) bond motifs is 6. The van der Waals surface area contributed by atoms with Crippen LogP contribution in [0.2, 0.25) is 0 Å². The van der Waals surface area contributed by atoms with E-state index in [1.165, 1.54) is 4.90 Å². The minimum atomic E-state index is -0.549. The third-order valence-electron chi connectivity index (χ3n) is 6.29. The number of anilines is 1. The molecule has 8 nitrogen and oxygen atoms in total. The van der Waals surface area contributed by atoms with Gasteiger partial charge >= 0.3 is 6.03 Å². The molecule has 3 amide bonds. The van der Waals surface area contributed by atoms with E-state index in [-0.39, 0.29) is 24.0 Å². The maximum atomic E-state index is 13.5. The summed E-state index contributed by atoms with van der Waals surface area (Å²) in [5.74, 6) is 0.210. The molecular weight excluding hydrogens is 412 g/mol. The summed E-state index contributed by atoms with van der Waals surface area (Å²) in [5.41, 5.74) is 1.36. The minimum absolute atomic E-state index is 0.0435. The molecule has 3 atom stereocenters. The van der Waals surface area contributed by atoms with Gasteiger partial charge in [-0.3, -0.25) is 9.78 Å². The van der Waals surface area contributed by atoms with Gasteiger partial charge < -0.3 is 15.1 Å². The summed E-state index contributed by atoms with van der Waals surface area (Å²) < 4.78 is 0. The van der Waals surface area contributed by atoms with Crippen LogP contribution in [0.25, 0.3) is 10.9 Å². The van der Waals surface area contributed by atoms with E-state index in [4.69, 9.17) is 12.2 Å². The molecule has 9 heteroatoms. The number of aromatic nitrogens is 1. The second-order valence-corrected chi connectivity index (χ2v) is 9.03. The van der Waals surface area contributed by atoms with Gasteiger partial charge in [-0.1, -0.05) is 13.8 Å². The number of thiocarbonyl (C=S) groups is 1. The summed E-state index contributed by atoms with van der Waals surface area (Å²) in [5, 5.41) is 13.9. The van der Waals surface area contributed by atoms with Crippen LogP contribution in [0, 0.1) is 17.2 Å². The number of pyridine rings is 1. The number of carbonyl (C=O) groups is 2. The topological polar surface area (TPSA) is 92.6 Å². The van der Waals surface area contributed by atoms with Crippen molar-refractivity contribution in [2.75, 3.05) is 18.0 Å². The predicted molar refractivity (Wildman–Crippen MR) is 119 cm³/mol. The fourth-order valence-electron chi connectivity index (χ4n) is 4.95. The summed E-state index contributed by atoms with van der Waals surface area (Å²) in [4.78, 5) is 36.2. The number of hydrogen-bond donors (Lipinski definition) is 1. The highest BCUT2D eigenvalue weighted by Gasteiger charge is 2.62. The number of imide groups is 1. The molecule has 158 valence electrons. The van der Waals surface area contributed by atoms with E-state index in [0.717, 1.165) is 13.0 Å². The number of piperazine rings is 1. The third-order valence-corrected chi connectivity index (χ3v) is 6.67. The van der Waals surface area contributed by atoms with Gasteiger partial charge in [0.1, 0.15) is 12.1 Å². The highest BCUT2D eigenvalue weighted by Crippen LogP contribution is 2.43. The van der Waals surface area contributed by atoms with Crippen molar-refractivity contribution in [2.45, 2.75) is 38.4 Å². The number of nitrogens with zero attached hydrogens (tertiary/aromatic N) is 5. The first-order valence-electron chi connectivity index (χ1n) is 10.4. The Hall–Kier alpha value is -3.25. The van der Waals surface area contributed by atoms with Gasteiger partial charge in [-0.25, -0.2) is 9.69 Å². The van der Waals surface area contributed by atoms with Crippen LogP contribution in [-0.4, -0.2) is 63.0 Å². The van der Waals surface area contributed by atoms with E-state index >= 15 is 0 Å². The first-order valence-corrected chi connectivity index (χ1v) is 10.8. The maximum absolute atomic E-state index is 13.5. The molecule has 3 aliphatic heterocycles. The zero-order valence-corrected chi connectivity index (χ0v) is 18.1. The van der Waals surface area contributed by atoms with Crippen LogP contribution in [0.4, 0.5) is 10.5 Å². The number of nitrogens with one attached hydrogen (secondary N) is 1. The zero-order chi connectivity index (χ0) is 21.9. The molecule has 3 aliphatic rings. The van der Waals surface area contributed by atoms with Gasteiger partial charge in [0.15, 0.2) is 5.11 Å². The average molecular weight is 435 g/mol. The Bertz CT molecular complexity index is 1160. The fourth-order valence-corrected chi connectivity index (χ4v) is 5.24. The molecule has 0 radical (unpaired) electrons. The number of hydrogen-bond acceptors (Lipinski definition) is 5. The van der Waals surface area contributed by atoms with Crippen molar-refractivity contribution in [3.63, 3.8) is 0 Å². The highest BCUT2D eigenvalue weighted by molar-refractivity contribution is 7.80. The van der Waals surface area contributed by atoms with Crippen LogP contribution in [0.5, 0.6) is 0 Å². The Kier molecular flexibility index (Phi) is 4.55. The Labute approximate surface area is 185 Å². The van der Waals surface area contributed by atoms with Gasteiger partial charge in [-0.2, -0.15) is 5.26 Å². The van der Waals surface area contributed by atoms with Gasteiger partial charge in [0.25, 0.3) is 5.91 Å². The highest BCUT2D eigenvalue weighted by atomic mass is 32.1. The first kappa shape index (κ1) is 19.7. The van der Waals surface area contributed by atoms with Crippen LogP contribution in [0.15, 0.2) is 30.5 Å². The van der Waals surface area contributed by atoms with Crippen LogP contribution < -0.4 is 10.2 Å². The van der Waals surface area contributed by atoms with Crippen molar-refractivity contribution < 1.29 is 9.59 Å². The van der Waals surface area contributed by atoms with Crippen molar-refractivity contribution >= 4 is 45.9 Å². The minimum Gasteiger partial charge on any atom is -0.362 e. The van der Waals surface area contributed by atoms with E-state index in [0.29, 0.717) is 39.7 Å². The van der Waals surface area contributed by atoms with Crippen LogP contribution in [-0.2, 0) is 4.79 Å². The van der Waals surface area contributed by atoms with E-state index < -0.39 is 6.04 Å². The number of amides is 3. The molecule has 0 spiro atoms. The van der Waals surface area contributed by atoms with Crippen molar-refractivity contribution in [1.82, 2.24) is 20.1 Å². The third kappa shape index (κ3) is 2.86. The number of rotatable bonds is 3. The molecule has 2 unspecified atom stereocenters. The van der Waals surface area contributed by atoms with Gasteiger partial charge in [0, 0.05) is 24.7 Å². The molecule has 2 bridgehead atoms. The summed E-state index contributed by atoms with van der Waals surface area (Å²) in [7, 11) is 0. The SMILES string of the molecule is CC(C)CNC(=S)N1CC2CC1[C@@H]1C(=O)N(c3ccc(C#N)c4ncccc34)C(=O)N21. The van der Waals surface area contributed by atoms with Gasteiger partial charge in [-0.15, -0.1) is 0 Å². The van der Waals surface area contributed by atoms with E-state index in [9.17, 15) is 14.9 Å². The van der Waals surface area contributed by atoms with Gasteiger partial charge in [0.2, 0.25) is 0 Å². The zero-order valence-electron chi connectivity index (χ0n) is 17.3. The second-order valence-electron chi connectivity index (χ2n) is 8.64. The molecule has 31 heavy (non-hydrogen) atoms. The lowest BCUT2D eigenvalue weighted by atomic mass is 10.1. The Morgan fingerprint density at radius 1 is 1.35 bits per heavy atom. The Balaban J connectivity index is 1.48. The number of nitriles is 1. The first-order chi connectivity index (χ1) is 14.9. The monoisotopic (exact) mass is 434 g/mol. The Morgan fingerprint density at radius 2 is 2.16 bits per heavy atom. The van der Waals surface area contributed by atoms with Gasteiger partial charge in [-0.05, 0) is 48.8 Å². The van der Waals surface area contributed by atoms with Crippen molar-refractivity contribution in [3.8, 4) is 6.07 Å². The van der Waals surface area contributed by atoms with E-state index in [1.54, 1.807) is 35.4 Å².